The van der Waals surface area contributed by atoms with Crippen LogP contribution >= 0.6 is 0 Å². The van der Waals surface area contributed by atoms with E-state index in [9.17, 15) is 49.1 Å². The second-order valence-corrected chi connectivity index (χ2v) is 3.71. The fourth-order valence-electron chi connectivity index (χ4n) is 0.993. The van der Waals surface area contributed by atoms with Gasteiger partial charge in [-0.3, -0.25) is 9.59 Å². The lowest BCUT2D eigenvalue weighted by Crippen LogP contribution is -2.65. The molecule has 0 saturated heterocycles. The van der Waals surface area contributed by atoms with Crippen LogP contribution in [0, 0.1) is 0 Å². The van der Waals surface area contributed by atoms with Crippen LogP contribution in [-0.4, -0.2) is 49.0 Å². The molecule has 1 amide bonds. The van der Waals surface area contributed by atoms with Crippen molar-refractivity contribution in [1.82, 2.24) is 5.32 Å². The number of esters is 1. The van der Waals surface area contributed by atoms with Gasteiger partial charge >= 0.3 is 29.9 Å². The van der Waals surface area contributed by atoms with Gasteiger partial charge in [0, 0.05) is 0 Å². The van der Waals surface area contributed by atoms with Crippen LogP contribution in [-0.2, 0) is 14.3 Å². The van der Waals surface area contributed by atoms with Gasteiger partial charge in [-0.2, -0.15) is 39.5 Å². The molecule has 0 saturated carbocycles. The van der Waals surface area contributed by atoms with Gasteiger partial charge in [0.05, 0.1) is 6.61 Å². The zero-order valence-electron chi connectivity index (χ0n) is 10.5. The summed E-state index contributed by atoms with van der Waals surface area (Å²) >= 11 is 0. The Bertz CT molecular complexity index is 433. The number of alkyl halides is 9. The van der Waals surface area contributed by atoms with E-state index in [1.165, 1.54) is 6.92 Å². The maximum absolute atomic E-state index is 13.0. The third-order valence-electron chi connectivity index (χ3n) is 2.13. The summed E-state index contributed by atoms with van der Waals surface area (Å²) in [5.41, 5.74) is 0. The zero-order valence-corrected chi connectivity index (χ0v) is 10.5. The quantitative estimate of drug-likeness (QED) is 0.591. The van der Waals surface area contributed by atoms with Crippen LogP contribution in [0.1, 0.15) is 6.92 Å². The van der Waals surface area contributed by atoms with Crippen molar-refractivity contribution in [3.05, 3.63) is 0 Å². The third kappa shape index (κ3) is 3.55. The molecule has 0 aliphatic heterocycles. The molecule has 0 atom stereocenters. The highest BCUT2D eigenvalue weighted by Crippen LogP contribution is 2.53. The van der Waals surface area contributed by atoms with Gasteiger partial charge in [-0.1, -0.05) is 0 Å². The Balaban J connectivity index is 5.27. The van der Waals surface area contributed by atoms with Crippen molar-refractivity contribution in [2.24, 2.45) is 0 Å². The van der Waals surface area contributed by atoms with Gasteiger partial charge in [0.1, 0.15) is 6.54 Å². The van der Waals surface area contributed by atoms with E-state index in [1.807, 2.05) is 0 Å². The number of rotatable bonds is 6. The minimum atomic E-state index is -7.18. The summed E-state index contributed by atoms with van der Waals surface area (Å²) in [5, 5.41) is 0.793. The topological polar surface area (TPSA) is 55.4 Å². The molecular weight excluding hydrogens is 341 g/mol. The lowest BCUT2D eigenvalue weighted by Gasteiger charge is -2.32. The van der Waals surface area contributed by atoms with Crippen molar-refractivity contribution in [1.29, 1.82) is 0 Å². The van der Waals surface area contributed by atoms with Gasteiger partial charge in [-0.05, 0) is 6.92 Å². The van der Waals surface area contributed by atoms with Crippen molar-refractivity contribution in [3.63, 3.8) is 0 Å². The Hall–Kier alpha value is -1.69. The molecule has 0 fully saturated rings. The lowest BCUT2D eigenvalue weighted by atomic mass is 10.0. The third-order valence-corrected chi connectivity index (χ3v) is 2.13. The molecule has 0 aliphatic rings. The van der Waals surface area contributed by atoms with E-state index >= 15 is 0 Å². The lowest BCUT2D eigenvalue weighted by molar-refractivity contribution is -0.388. The number of ether oxygens (including phenoxy) is 1. The molecule has 1 N–H and O–H groups in total. The monoisotopic (exact) mass is 349 g/mol. The van der Waals surface area contributed by atoms with Crippen molar-refractivity contribution in [3.8, 4) is 0 Å². The first kappa shape index (κ1) is 20.3. The zero-order chi connectivity index (χ0) is 18.0. The minimum absolute atomic E-state index is 0.284. The molecule has 22 heavy (non-hydrogen) atoms. The summed E-state index contributed by atoms with van der Waals surface area (Å²) in [6.07, 6.45) is -7.03. The molecule has 0 spiro atoms. The van der Waals surface area contributed by atoms with Crippen molar-refractivity contribution in [2.75, 3.05) is 13.2 Å². The molecule has 0 unspecified atom stereocenters. The van der Waals surface area contributed by atoms with E-state index in [2.05, 4.69) is 4.74 Å². The first-order valence-electron chi connectivity index (χ1n) is 5.27. The van der Waals surface area contributed by atoms with Gasteiger partial charge in [0.25, 0.3) is 5.91 Å². The van der Waals surface area contributed by atoms with Gasteiger partial charge in [0.2, 0.25) is 0 Å². The Morgan fingerprint density at radius 2 is 1.36 bits per heavy atom. The first-order valence-corrected chi connectivity index (χ1v) is 5.27. The molecule has 4 nitrogen and oxygen atoms in total. The molecule has 0 heterocycles. The van der Waals surface area contributed by atoms with Crippen LogP contribution in [0.25, 0.3) is 0 Å². The van der Waals surface area contributed by atoms with E-state index in [1.54, 1.807) is 0 Å². The predicted molar refractivity (Wildman–Crippen MR) is 50.5 cm³/mol. The molecule has 13 heteroatoms. The molecule has 130 valence electrons. The number of carbonyl (C=O) groups is 2. The summed E-state index contributed by atoms with van der Waals surface area (Å²) in [5.74, 6) is -25.3. The maximum Gasteiger partial charge on any atom is 0.460 e. The molecule has 0 rings (SSSR count). The van der Waals surface area contributed by atoms with Crippen LogP contribution in [0.4, 0.5) is 39.5 Å². The van der Waals surface area contributed by atoms with E-state index in [4.69, 9.17) is 0 Å². The molecule has 0 aromatic carbocycles. The highest BCUT2D eigenvalue weighted by atomic mass is 19.4. The van der Waals surface area contributed by atoms with Crippen LogP contribution in [0.3, 0.4) is 0 Å². The van der Waals surface area contributed by atoms with Crippen molar-refractivity contribution in [2.45, 2.75) is 30.9 Å². The summed E-state index contributed by atoms with van der Waals surface area (Å²) in [4.78, 5) is 21.4. The molecule has 0 bridgehead atoms. The second-order valence-electron chi connectivity index (χ2n) is 3.71. The first-order chi connectivity index (χ1) is 9.63. The summed E-state index contributed by atoms with van der Waals surface area (Å²) < 4.78 is 116. The molecule has 0 aliphatic carbocycles. The van der Waals surface area contributed by atoms with Crippen molar-refractivity contribution < 1.29 is 53.8 Å². The molecule has 0 aromatic rings. The standard InChI is InChI=1S/C9H8F9NO3/c1-2-22-4(20)3-19-5(21)6(10,11)7(12,13)8(14,15)9(16,17)18/h2-3H2,1H3,(H,19,21). The van der Waals surface area contributed by atoms with E-state index in [0.717, 1.165) is 5.32 Å². The predicted octanol–water partition coefficient (Wildman–Crippen LogP) is 2.13. The summed E-state index contributed by atoms with van der Waals surface area (Å²) in [7, 11) is 0. The van der Waals surface area contributed by atoms with Crippen LogP contribution in [0.2, 0.25) is 0 Å². The fourth-order valence-corrected chi connectivity index (χ4v) is 0.993. The Labute approximate surface area is 116 Å². The molecular formula is C9H8F9NO3. The normalized spacial score (nSPS) is 13.7. The van der Waals surface area contributed by atoms with Gasteiger partial charge in [0.15, 0.2) is 0 Å². The number of nitrogens with one attached hydrogen (secondary N) is 1. The molecule has 0 aromatic heterocycles. The van der Waals surface area contributed by atoms with E-state index < -0.39 is 42.4 Å². The smallest absolute Gasteiger partial charge is 0.460 e. The number of hydrogen-bond acceptors (Lipinski definition) is 3. The van der Waals surface area contributed by atoms with E-state index in [0.29, 0.717) is 0 Å². The minimum Gasteiger partial charge on any atom is -0.465 e. The summed E-state index contributed by atoms with van der Waals surface area (Å²) in [6.45, 7) is -0.449. The summed E-state index contributed by atoms with van der Waals surface area (Å²) in [6, 6.07) is 0. The largest absolute Gasteiger partial charge is 0.465 e. The average Bonchev–Trinajstić information content (AvgIpc) is 2.34. The van der Waals surface area contributed by atoms with E-state index in [-0.39, 0.29) is 6.61 Å². The van der Waals surface area contributed by atoms with Crippen molar-refractivity contribution >= 4 is 11.9 Å². The Morgan fingerprint density at radius 3 is 1.73 bits per heavy atom. The highest BCUT2D eigenvalue weighted by Gasteiger charge is 2.83. The van der Waals surface area contributed by atoms with Crippen LogP contribution < -0.4 is 5.32 Å². The van der Waals surface area contributed by atoms with Gasteiger partial charge in [-0.25, -0.2) is 0 Å². The number of hydrogen-bond donors (Lipinski definition) is 1. The van der Waals surface area contributed by atoms with Gasteiger partial charge in [-0.15, -0.1) is 0 Å². The van der Waals surface area contributed by atoms with Crippen LogP contribution in [0.5, 0.6) is 0 Å². The highest BCUT2D eigenvalue weighted by molar-refractivity contribution is 5.88. The maximum atomic E-state index is 13.0. The molecule has 0 radical (unpaired) electrons. The number of amides is 1. The number of carbonyl (C=O) groups excluding carboxylic acids is 2. The van der Waals surface area contributed by atoms with Gasteiger partial charge < -0.3 is 10.1 Å². The number of halogens is 9. The fraction of sp³-hybridized carbons (Fsp3) is 0.778. The SMILES string of the molecule is CCOC(=O)CNC(=O)C(F)(F)C(F)(F)C(F)(F)C(F)(F)F. The Kier molecular flexibility index (Phi) is 5.72. The second kappa shape index (κ2) is 6.20. The Morgan fingerprint density at radius 1 is 0.909 bits per heavy atom. The van der Waals surface area contributed by atoms with Crippen LogP contribution in [0.15, 0.2) is 0 Å². The average molecular weight is 349 g/mol.